The van der Waals surface area contributed by atoms with Crippen molar-refractivity contribution in [3.8, 4) is 22.4 Å². The molecule has 8 heterocycles. The van der Waals surface area contributed by atoms with E-state index >= 15 is 8.78 Å². The Kier molecular flexibility index (Phi) is 11.3. The minimum Gasteiger partial charge on any atom is -0.348 e. The van der Waals surface area contributed by atoms with Gasteiger partial charge in [-0.05, 0) is 122 Å². The van der Waals surface area contributed by atoms with E-state index in [1.54, 1.807) is 66.7 Å². The molecule has 1 unspecified atom stereocenters. The van der Waals surface area contributed by atoms with E-state index < -0.39 is 23.6 Å². The minimum atomic E-state index is -0.711. The molecule has 10 aromatic rings. The highest BCUT2D eigenvalue weighted by Crippen LogP contribution is 2.38. The number of hydrogen-bond acceptors (Lipinski definition) is 9. The molecule has 0 radical (unpaired) electrons. The van der Waals surface area contributed by atoms with Crippen LogP contribution in [0, 0.1) is 23.5 Å². The average molecular weight is 1020 g/mol. The number of anilines is 2. The fourth-order valence-corrected chi connectivity index (χ4v) is 10.6. The molecule has 0 spiro atoms. The van der Waals surface area contributed by atoms with Gasteiger partial charge >= 0.3 is 0 Å². The summed E-state index contributed by atoms with van der Waals surface area (Å²) in [4.78, 5) is 69.8. The lowest BCUT2D eigenvalue weighted by Crippen LogP contribution is -2.30. The van der Waals surface area contributed by atoms with Crippen LogP contribution in [0.5, 0.6) is 0 Å². The van der Waals surface area contributed by atoms with Crippen molar-refractivity contribution in [1.29, 1.82) is 0 Å². The lowest BCUT2D eigenvalue weighted by molar-refractivity contribution is -0.118. The summed E-state index contributed by atoms with van der Waals surface area (Å²) in [7, 11) is 1.83. The molecule has 0 bridgehead atoms. The highest BCUT2D eigenvalue weighted by Gasteiger charge is 2.34. The molecular weight excluding hydrogens is 969 g/mol. The van der Waals surface area contributed by atoms with Gasteiger partial charge in [-0.1, -0.05) is 36.4 Å². The molecule has 1 saturated heterocycles. The van der Waals surface area contributed by atoms with Gasteiger partial charge in [-0.2, -0.15) is 9.97 Å². The number of rotatable bonds is 13. The summed E-state index contributed by atoms with van der Waals surface area (Å²) < 4.78 is 38.9. The maximum absolute atomic E-state index is 16.8. The molecule has 3 N–H and O–H groups in total. The molecule has 380 valence electrons. The zero-order chi connectivity index (χ0) is 51.9. The Balaban J connectivity index is 0.816. The summed E-state index contributed by atoms with van der Waals surface area (Å²) in [5.74, 6) is -1.52. The molecule has 4 amide bonds. The van der Waals surface area contributed by atoms with Crippen molar-refractivity contribution in [3.05, 3.63) is 161 Å². The van der Waals surface area contributed by atoms with Gasteiger partial charge in [0, 0.05) is 78.7 Å². The first-order chi connectivity index (χ1) is 36.9. The van der Waals surface area contributed by atoms with Crippen LogP contribution in [0.25, 0.3) is 55.5 Å². The Morgan fingerprint density at radius 2 is 1.39 bits per heavy atom. The van der Waals surface area contributed by atoms with Crippen molar-refractivity contribution in [2.45, 2.75) is 64.1 Å². The van der Waals surface area contributed by atoms with Crippen molar-refractivity contribution in [2.24, 2.45) is 18.9 Å². The highest BCUT2D eigenvalue weighted by molar-refractivity contribution is 6.09. The van der Waals surface area contributed by atoms with E-state index in [4.69, 9.17) is 4.98 Å². The zero-order valence-corrected chi connectivity index (χ0v) is 41.4. The number of fused-ring (bicyclic) bond motifs is 4. The van der Waals surface area contributed by atoms with E-state index in [1.807, 2.05) is 69.6 Å². The van der Waals surface area contributed by atoms with Gasteiger partial charge in [0.1, 0.15) is 11.6 Å². The number of likely N-dealkylation sites (tertiary alicyclic amines) is 1. The normalized spacial score (nSPS) is 16.0. The van der Waals surface area contributed by atoms with E-state index in [1.165, 1.54) is 22.7 Å². The standard InChI is InChI=1S/C57H49F2N13O4/c1-31(61-54(75)43-29-68(2)49-27-60-46(25-42(43)49)36-17-20-72-51(22-36)63-57(67-72)65-53(74)34-12-13-34)39-23-38(58)15-14-37(39)28-69-30-44(55(76)70-18-6-9-47(70)32-7-4-3-5-8-32)41-24-40(45(59)26-48(41)69)35-16-19-71-50(21-35)62-56(66-71)64-52(73)33-10-11-33/h3-5,7-8,14-17,19-27,29-31,33-34,47H,6,9-13,18,28H2,1-2H3,(H,61,75)(H,64,66,73)(H,65,67,74)/t31-,47?/m0/s1. The largest absolute Gasteiger partial charge is 0.348 e. The summed E-state index contributed by atoms with van der Waals surface area (Å²) in [6.07, 6.45) is 13.6. The summed E-state index contributed by atoms with van der Waals surface area (Å²) in [5, 5.41) is 18.6. The second-order valence-corrected chi connectivity index (χ2v) is 20.2. The number of aryl methyl sites for hydroxylation is 1. The third-order valence-corrected chi connectivity index (χ3v) is 14.9. The van der Waals surface area contributed by atoms with Crippen molar-refractivity contribution < 1.29 is 28.0 Å². The van der Waals surface area contributed by atoms with Crippen LogP contribution >= 0.6 is 0 Å². The maximum atomic E-state index is 16.8. The van der Waals surface area contributed by atoms with Crippen LogP contribution in [-0.2, 0) is 23.2 Å². The van der Waals surface area contributed by atoms with Crippen LogP contribution in [0.3, 0.4) is 0 Å². The maximum Gasteiger partial charge on any atom is 0.256 e. The molecule has 17 nitrogen and oxygen atoms in total. The third-order valence-electron chi connectivity index (χ3n) is 14.9. The molecule has 3 aromatic carbocycles. The predicted molar refractivity (Wildman–Crippen MR) is 280 cm³/mol. The molecule has 2 atom stereocenters. The van der Waals surface area contributed by atoms with Gasteiger partial charge in [0.2, 0.25) is 23.7 Å². The average Bonchev–Trinajstić information content (AvgIpc) is 4.24. The lowest BCUT2D eigenvalue weighted by Gasteiger charge is -2.25. The molecule has 1 aliphatic heterocycles. The van der Waals surface area contributed by atoms with E-state index in [9.17, 15) is 19.2 Å². The van der Waals surface area contributed by atoms with Crippen molar-refractivity contribution in [3.63, 3.8) is 0 Å². The molecule has 2 saturated carbocycles. The number of amides is 4. The van der Waals surface area contributed by atoms with Crippen molar-refractivity contribution >= 4 is 68.6 Å². The van der Waals surface area contributed by atoms with E-state index in [0.717, 1.165) is 49.7 Å². The Labute approximate surface area is 432 Å². The van der Waals surface area contributed by atoms with Gasteiger partial charge < -0.3 is 19.4 Å². The number of nitrogens with one attached hydrogen (secondary N) is 3. The zero-order valence-electron chi connectivity index (χ0n) is 41.4. The van der Waals surface area contributed by atoms with Crippen molar-refractivity contribution in [2.75, 3.05) is 17.2 Å². The molecular formula is C57H49F2N13O4. The number of halogens is 2. The van der Waals surface area contributed by atoms with Crippen LogP contribution in [0.1, 0.15) is 94.9 Å². The van der Waals surface area contributed by atoms with Gasteiger partial charge in [-0.25, -0.2) is 17.8 Å². The first-order valence-electron chi connectivity index (χ1n) is 25.5. The van der Waals surface area contributed by atoms with E-state index in [2.05, 4.69) is 36.1 Å². The molecule has 19 heteroatoms. The predicted octanol–water partition coefficient (Wildman–Crippen LogP) is 9.44. The number of hydrogen-bond donors (Lipinski definition) is 3. The second kappa shape index (κ2) is 18.4. The molecule has 7 aromatic heterocycles. The summed E-state index contributed by atoms with van der Waals surface area (Å²) in [6.45, 7) is 2.43. The quantitative estimate of drug-likeness (QED) is 0.101. The van der Waals surface area contributed by atoms with Crippen LogP contribution < -0.4 is 16.0 Å². The monoisotopic (exact) mass is 1020 g/mol. The SMILES string of the molecule is C[C@H](NC(=O)c1cn(C)c2cnc(-c3ccn4nc(NC(=O)C5CC5)nc4c3)cc12)c1cc(F)ccc1Cn1cc(C(=O)N2CCCC2c2ccccc2)c2cc(-c3ccn4nc(NC(=O)C5CC5)nc4c3)c(F)cc21. The smallest absolute Gasteiger partial charge is 0.256 e. The van der Waals surface area contributed by atoms with Crippen LogP contribution in [0.4, 0.5) is 20.7 Å². The second-order valence-electron chi connectivity index (χ2n) is 20.2. The van der Waals surface area contributed by atoms with Crippen molar-refractivity contribution in [1.82, 2.24) is 53.5 Å². The highest BCUT2D eigenvalue weighted by atomic mass is 19.1. The summed E-state index contributed by atoms with van der Waals surface area (Å²) in [5.41, 5.74) is 7.06. The summed E-state index contributed by atoms with van der Waals surface area (Å²) >= 11 is 0. The molecule has 13 rings (SSSR count). The first kappa shape index (κ1) is 46.6. The van der Waals surface area contributed by atoms with Gasteiger partial charge in [-0.15, -0.1) is 10.2 Å². The van der Waals surface area contributed by atoms with E-state index in [-0.39, 0.29) is 59.6 Å². The number of carbonyl (C=O) groups is 4. The molecule has 3 aliphatic rings. The number of carbonyl (C=O) groups excluding carboxylic acids is 4. The number of nitrogens with zero attached hydrogens (tertiary/aromatic N) is 10. The minimum absolute atomic E-state index is 0.00362. The lowest BCUT2D eigenvalue weighted by atomic mass is 10.00. The van der Waals surface area contributed by atoms with E-state index in [0.29, 0.717) is 73.2 Å². The van der Waals surface area contributed by atoms with Crippen LogP contribution in [0.15, 0.2) is 122 Å². The molecule has 76 heavy (non-hydrogen) atoms. The number of pyridine rings is 3. The number of benzene rings is 3. The molecule has 3 fully saturated rings. The van der Waals surface area contributed by atoms with Gasteiger partial charge in [-0.3, -0.25) is 34.8 Å². The van der Waals surface area contributed by atoms with Gasteiger partial charge in [0.05, 0.1) is 46.1 Å². The molecule has 2 aliphatic carbocycles. The topological polar surface area (TPSA) is 191 Å². The number of aromatic nitrogens is 9. The fraction of sp³-hybridized carbons (Fsp3) is 0.246. The Bertz CT molecular complexity index is 4020. The van der Waals surface area contributed by atoms with Gasteiger partial charge in [0.25, 0.3) is 11.8 Å². The van der Waals surface area contributed by atoms with Crippen LogP contribution in [0.2, 0.25) is 0 Å². The fourth-order valence-electron chi connectivity index (χ4n) is 10.6. The van der Waals surface area contributed by atoms with Gasteiger partial charge in [0.15, 0.2) is 11.3 Å². The van der Waals surface area contributed by atoms with Crippen LogP contribution in [-0.4, -0.2) is 78.4 Å². The Morgan fingerprint density at radius 1 is 0.724 bits per heavy atom. The third kappa shape index (κ3) is 8.65. The first-order valence-corrected chi connectivity index (χ1v) is 25.5. The summed E-state index contributed by atoms with van der Waals surface area (Å²) in [6, 6.07) is 25.5. The Morgan fingerprint density at radius 3 is 2.09 bits per heavy atom. The Hall–Kier alpha value is -9.13.